The van der Waals surface area contributed by atoms with E-state index in [1.165, 1.54) is 12.1 Å². The van der Waals surface area contributed by atoms with E-state index < -0.39 is 0 Å². The second-order valence-corrected chi connectivity index (χ2v) is 4.92. The molecule has 0 saturated carbocycles. The monoisotopic (exact) mass is 280 g/mol. The van der Waals surface area contributed by atoms with Crippen molar-refractivity contribution in [2.24, 2.45) is 0 Å². The van der Waals surface area contributed by atoms with Gasteiger partial charge in [0, 0.05) is 22.9 Å². The Labute approximate surface area is 122 Å². The molecule has 0 radical (unpaired) electrons. The van der Waals surface area contributed by atoms with Crippen LogP contribution >= 0.6 is 0 Å². The normalized spacial score (nSPS) is 16.9. The molecule has 2 aromatic rings. The van der Waals surface area contributed by atoms with Crippen LogP contribution in [0, 0.1) is 17.1 Å². The summed E-state index contributed by atoms with van der Waals surface area (Å²) in [5.41, 5.74) is 9.26. The summed E-state index contributed by atoms with van der Waals surface area (Å²) in [6, 6.07) is 13.6. The first-order chi connectivity index (χ1) is 10.1. The molecule has 2 N–H and O–H groups in total. The van der Waals surface area contributed by atoms with Gasteiger partial charge in [0.25, 0.3) is 0 Å². The number of anilines is 1. The summed E-state index contributed by atoms with van der Waals surface area (Å²) in [6.07, 6.45) is -0.371. The van der Waals surface area contributed by atoms with Gasteiger partial charge in [0.05, 0.1) is 11.6 Å². The van der Waals surface area contributed by atoms with Crippen molar-refractivity contribution >= 4 is 11.3 Å². The van der Waals surface area contributed by atoms with Crippen LogP contribution in [-0.2, 0) is 0 Å². The van der Waals surface area contributed by atoms with E-state index in [0.29, 0.717) is 17.0 Å². The van der Waals surface area contributed by atoms with Crippen molar-refractivity contribution in [3.63, 3.8) is 0 Å². The zero-order valence-corrected chi connectivity index (χ0v) is 11.4. The van der Waals surface area contributed by atoms with E-state index in [2.05, 4.69) is 6.07 Å². The summed E-state index contributed by atoms with van der Waals surface area (Å²) >= 11 is 0. The SMILES string of the molecule is CC1Oc2cc(N)ccc2C(c2ccc(F)cc2)=C1C#N. The lowest BCUT2D eigenvalue weighted by Gasteiger charge is -2.26. The molecule has 1 atom stereocenters. The smallest absolute Gasteiger partial charge is 0.131 e. The highest BCUT2D eigenvalue weighted by Crippen LogP contribution is 2.40. The summed E-state index contributed by atoms with van der Waals surface area (Å²) in [6.45, 7) is 1.81. The maximum Gasteiger partial charge on any atom is 0.131 e. The van der Waals surface area contributed by atoms with Crippen LogP contribution in [0.15, 0.2) is 48.0 Å². The number of hydrogen-bond acceptors (Lipinski definition) is 3. The van der Waals surface area contributed by atoms with Crippen LogP contribution in [0.4, 0.5) is 10.1 Å². The zero-order valence-electron chi connectivity index (χ0n) is 11.4. The fraction of sp³-hybridized carbons (Fsp3) is 0.118. The van der Waals surface area contributed by atoms with Crippen LogP contribution in [0.25, 0.3) is 5.57 Å². The van der Waals surface area contributed by atoms with E-state index >= 15 is 0 Å². The average molecular weight is 280 g/mol. The van der Waals surface area contributed by atoms with Gasteiger partial charge in [-0.15, -0.1) is 0 Å². The van der Waals surface area contributed by atoms with Crippen LogP contribution in [0.1, 0.15) is 18.1 Å². The largest absolute Gasteiger partial charge is 0.485 e. The van der Waals surface area contributed by atoms with E-state index in [-0.39, 0.29) is 11.9 Å². The fourth-order valence-corrected chi connectivity index (χ4v) is 2.52. The Hall–Kier alpha value is -2.80. The van der Waals surface area contributed by atoms with Gasteiger partial charge in [0.1, 0.15) is 17.7 Å². The van der Waals surface area contributed by atoms with Crippen molar-refractivity contribution in [3.8, 4) is 11.8 Å². The van der Waals surface area contributed by atoms with E-state index in [1.807, 2.05) is 13.0 Å². The third kappa shape index (κ3) is 2.23. The minimum atomic E-state index is -0.371. The van der Waals surface area contributed by atoms with Crippen molar-refractivity contribution in [2.45, 2.75) is 13.0 Å². The van der Waals surface area contributed by atoms with Crippen molar-refractivity contribution in [3.05, 3.63) is 65.0 Å². The number of nitrogens with two attached hydrogens (primary N) is 1. The lowest BCUT2D eigenvalue weighted by molar-refractivity contribution is 0.257. The molecule has 1 heterocycles. The molecule has 0 bridgehead atoms. The maximum absolute atomic E-state index is 13.1. The predicted octanol–water partition coefficient (Wildman–Crippen LogP) is 3.51. The van der Waals surface area contributed by atoms with Gasteiger partial charge in [0.15, 0.2) is 0 Å². The molecule has 21 heavy (non-hydrogen) atoms. The maximum atomic E-state index is 13.1. The number of halogens is 1. The lowest BCUT2D eigenvalue weighted by Crippen LogP contribution is -2.21. The second kappa shape index (κ2) is 4.95. The molecule has 1 aliphatic heterocycles. The molecule has 2 aromatic carbocycles. The molecule has 0 spiro atoms. The van der Waals surface area contributed by atoms with Crippen molar-refractivity contribution in [2.75, 3.05) is 5.73 Å². The van der Waals surface area contributed by atoms with Crippen molar-refractivity contribution in [1.29, 1.82) is 5.26 Å². The minimum Gasteiger partial charge on any atom is -0.485 e. The third-order valence-corrected chi connectivity index (χ3v) is 3.51. The van der Waals surface area contributed by atoms with Gasteiger partial charge in [-0.25, -0.2) is 4.39 Å². The first kappa shape index (κ1) is 13.2. The van der Waals surface area contributed by atoms with Gasteiger partial charge in [-0.2, -0.15) is 5.26 Å². The lowest BCUT2D eigenvalue weighted by atomic mass is 9.88. The Balaban J connectivity index is 2.27. The van der Waals surface area contributed by atoms with Gasteiger partial charge < -0.3 is 10.5 Å². The van der Waals surface area contributed by atoms with Crippen LogP contribution in [0.3, 0.4) is 0 Å². The quantitative estimate of drug-likeness (QED) is 0.813. The van der Waals surface area contributed by atoms with Gasteiger partial charge in [-0.3, -0.25) is 0 Å². The third-order valence-electron chi connectivity index (χ3n) is 3.51. The Morgan fingerprint density at radius 2 is 1.90 bits per heavy atom. The molecule has 4 heteroatoms. The van der Waals surface area contributed by atoms with Crippen LogP contribution < -0.4 is 10.5 Å². The van der Waals surface area contributed by atoms with Crippen LogP contribution in [0.5, 0.6) is 5.75 Å². The molecule has 1 aliphatic rings. The Morgan fingerprint density at radius 1 is 1.19 bits per heavy atom. The van der Waals surface area contributed by atoms with Gasteiger partial charge in [-0.1, -0.05) is 12.1 Å². The molecular formula is C17H13FN2O. The number of ether oxygens (including phenoxy) is 1. The highest BCUT2D eigenvalue weighted by atomic mass is 19.1. The Kier molecular flexibility index (Phi) is 3.11. The molecule has 0 saturated heterocycles. The van der Waals surface area contributed by atoms with Crippen LogP contribution in [0.2, 0.25) is 0 Å². The highest BCUT2D eigenvalue weighted by Gasteiger charge is 2.26. The Morgan fingerprint density at radius 3 is 2.57 bits per heavy atom. The minimum absolute atomic E-state index is 0.310. The molecular weight excluding hydrogens is 267 g/mol. The molecule has 0 fully saturated rings. The number of rotatable bonds is 1. The zero-order chi connectivity index (χ0) is 15.0. The summed E-state index contributed by atoms with van der Waals surface area (Å²) < 4.78 is 18.9. The van der Waals surface area contributed by atoms with E-state index in [0.717, 1.165) is 16.7 Å². The fourth-order valence-electron chi connectivity index (χ4n) is 2.52. The second-order valence-electron chi connectivity index (χ2n) is 4.92. The van der Waals surface area contributed by atoms with Gasteiger partial charge in [0.2, 0.25) is 0 Å². The van der Waals surface area contributed by atoms with Crippen molar-refractivity contribution < 1.29 is 9.13 Å². The van der Waals surface area contributed by atoms with Gasteiger partial charge in [-0.05, 0) is 36.8 Å². The average Bonchev–Trinajstić information content (AvgIpc) is 2.46. The predicted molar refractivity (Wildman–Crippen MR) is 79.0 cm³/mol. The number of nitrogen functional groups attached to an aromatic ring is 1. The number of nitriles is 1. The van der Waals surface area contributed by atoms with E-state index in [9.17, 15) is 9.65 Å². The molecule has 104 valence electrons. The number of benzene rings is 2. The number of hydrogen-bond donors (Lipinski definition) is 1. The van der Waals surface area contributed by atoms with Gasteiger partial charge >= 0.3 is 0 Å². The molecule has 0 aromatic heterocycles. The number of nitrogens with zero attached hydrogens (tertiary/aromatic N) is 1. The topological polar surface area (TPSA) is 59.0 Å². The summed E-state index contributed by atoms with van der Waals surface area (Å²) in [5, 5.41) is 9.44. The molecule has 3 nitrogen and oxygen atoms in total. The highest BCUT2D eigenvalue weighted by molar-refractivity contribution is 5.89. The first-order valence-electron chi connectivity index (χ1n) is 6.57. The summed E-state index contributed by atoms with van der Waals surface area (Å²) in [4.78, 5) is 0. The molecule has 3 rings (SSSR count). The molecule has 0 amide bonds. The Bertz CT molecular complexity index is 772. The summed E-state index contributed by atoms with van der Waals surface area (Å²) in [5.74, 6) is 0.330. The first-order valence-corrected chi connectivity index (χ1v) is 6.57. The standard InChI is InChI=1S/C17H13FN2O/c1-10-15(9-19)17(11-2-4-12(18)5-3-11)14-7-6-13(20)8-16(14)21-10/h2-8,10H,20H2,1H3. The van der Waals surface area contributed by atoms with Crippen molar-refractivity contribution in [1.82, 2.24) is 0 Å². The molecule has 1 unspecified atom stereocenters. The number of fused-ring (bicyclic) bond motifs is 1. The van der Waals surface area contributed by atoms with Crippen LogP contribution in [-0.4, -0.2) is 6.10 Å². The summed E-state index contributed by atoms with van der Waals surface area (Å²) in [7, 11) is 0. The van der Waals surface area contributed by atoms with E-state index in [1.54, 1.807) is 24.3 Å². The van der Waals surface area contributed by atoms with E-state index in [4.69, 9.17) is 10.5 Å². The molecule has 0 aliphatic carbocycles.